The zero-order valence-electron chi connectivity index (χ0n) is 16.3. The molecule has 0 unspecified atom stereocenters. The van der Waals surface area contributed by atoms with Crippen molar-refractivity contribution in [3.63, 3.8) is 0 Å². The van der Waals surface area contributed by atoms with Crippen molar-refractivity contribution in [2.75, 3.05) is 26.2 Å². The summed E-state index contributed by atoms with van der Waals surface area (Å²) in [5.74, 6) is -1.59. The molecule has 7 heteroatoms. The molecule has 3 rings (SSSR count). The van der Waals surface area contributed by atoms with Crippen molar-refractivity contribution in [2.45, 2.75) is 19.8 Å². The summed E-state index contributed by atoms with van der Waals surface area (Å²) < 4.78 is 32.4. The summed E-state index contributed by atoms with van der Waals surface area (Å²) in [6.07, 6.45) is 0.998. The average Bonchev–Trinajstić information content (AvgIpc) is 2.72. The molecule has 1 N–H and O–H groups in total. The SMILES string of the molecule is Cc1ccc(OCCNC(=O)C2CCN(C(=O)c3ccc(F)cc3F)CC2)cc1. The van der Waals surface area contributed by atoms with Crippen molar-refractivity contribution < 1.29 is 23.1 Å². The minimum Gasteiger partial charge on any atom is -0.492 e. The van der Waals surface area contributed by atoms with Crippen LogP contribution in [-0.2, 0) is 4.79 Å². The molecule has 0 aromatic heterocycles. The van der Waals surface area contributed by atoms with Gasteiger partial charge < -0.3 is 15.0 Å². The summed E-state index contributed by atoms with van der Waals surface area (Å²) in [5, 5.41) is 2.86. The molecule has 154 valence electrons. The molecule has 0 atom stereocenters. The number of ether oxygens (including phenoxy) is 1. The van der Waals surface area contributed by atoms with Crippen LogP contribution in [0.4, 0.5) is 8.78 Å². The van der Waals surface area contributed by atoms with Crippen molar-refractivity contribution in [1.82, 2.24) is 10.2 Å². The van der Waals surface area contributed by atoms with Crippen LogP contribution in [-0.4, -0.2) is 43.0 Å². The Labute approximate surface area is 168 Å². The highest BCUT2D eigenvalue weighted by molar-refractivity contribution is 5.94. The fourth-order valence-electron chi connectivity index (χ4n) is 3.30. The number of rotatable bonds is 6. The van der Waals surface area contributed by atoms with Crippen LogP contribution < -0.4 is 10.1 Å². The van der Waals surface area contributed by atoms with Gasteiger partial charge in [0.05, 0.1) is 12.1 Å². The summed E-state index contributed by atoms with van der Waals surface area (Å²) in [4.78, 5) is 26.2. The van der Waals surface area contributed by atoms with Gasteiger partial charge in [-0.3, -0.25) is 9.59 Å². The first-order chi connectivity index (χ1) is 13.9. The lowest BCUT2D eigenvalue weighted by Crippen LogP contribution is -2.43. The zero-order valence-corrected chi connectivity index (χ0v) is 16.3. The van der Waals surface area contributed by atoms with E-state index in [4.69, 9.17) is 4.74 Å². The van der Waals surface area contributed by atoms with Gasteiger partial charge in [-0.25, -0.2) is 8.78 Å². The number of piperidine rings is 1. The number of nitrogens with zero attached hydrogens (tertiary/aromatic N) is 1. The number of carbonyl (C=O) groups excluding carboxylic acids is 2. The summed E-state index contributed by atoms with van der Waals surface area (Å²) in [7, 11) is 0. The molecule has 2 aromatic carbocycles. The number of nitrogens with one attached hydrogen (secondary N) is 1. The molecule has 29 heavy (non-hydrogen) atoms. The Morgan fingerprint density at radius 3 is 2.45 bits per heavy atom. The van der Waals surface area contributed by atoms with E-state index in [9.17, 15) is 18.4 Å². The molecular formula is C22H24F2N2O3. The van der Waals surface area contributed by atoms with E-state index in [0.717, 1.165) is 23.4 Å². The molecule has 0 saturated carbocycles. The van der Waals surface area contributed by atoms with E-state index in [1.165, 1.54) is 4.90 Å². The number of benzene rings is 2. The van der Waals surface area contributed by atoms with Crippen LogP contribution in [0, 0.1) is 24.5 Å². The monoisotopic (exact) mass is 402 g/mol. The first-order valence-corrected chi connectivity index (χ1v) is 9.65. The van der Waals surface area contributed by atoms with Crippen LogP contribution in [0.5, 0.6) is 5.75 Å². The molecule has 0 aliphatic carbocycles. The van der Waals surface area contributed by atoms with Gasteiger partial charge in [-0.15, -0.1) is 0 Å². The summed E-state index contributed by atoms with van der Waals surface area (Å²) in [6.45, 7) is 3.48. The first kappa shape index (κ1) is 20.8. The maximum atomic E-state index is 13.8. The molecule has 1 heterocycles. The minimum atomic E-state index is -0.872. The Balaban J connectivity index is 1.41. The van der Waals surface area contributed by atoms with Crippen LogP contribution >= 0.6 is 0 Å². The van der Waals surface area contributed by atoms with Gasteiger partial charge in [0.15, 0.2) is 0 Å². The lowest BCUT2D eigenvalue weighted by molar-refractivity contribution is -0.126. The van der Waals surface area contributed by atoms with Crippen LogP contribution in [0.3, 0.4) is 0 Å². The predicted molar refractivity (Wildman–Crippen MR) is 105 cm³/mol. The van der Waals surface area contributed by atoms with Crippen molar-refractivity contribution >= 4 is 11.8 Å². The fraction of sp³-hybridized carbons (Fsp3) is 0.364. The number of halogens is 2. The molecule has 0 spiro atoms. The average molecular weight is 402 g/mol. The summed E-state index contributed by atoms with van der Waals surface area (Å²) in [5.41, 5.74) is 1.00. The normalized spacial score (nSPS) is 14.5. The molecular weight excluding hydrogens is 378 g/mol. The number of amides is 2. The first-order valence-electron chi connectivity index (χ1n) is 9.65. The highest BCUT2D eigenvalue weighted by atomic mass is 19.1. The van der Waals surface area contributed by atoms with Crippen LogP contribution in [0.2, 0.25) is 0 Å². The van der Waals surface area contributed by atoms with E-state index in [-0.39, 0.29) is 17.4 Å². The van der Waals surface area contributed by atoms with Gasteiger partial charge >= 0.3 is 0 Å². The lowest BCUT2D eigenvalue weighted by atomic mass is 9.95. The smallest absolute Gasteiger partial charge is 0.256 e. The molecule has 0 bridgehead atoms. The second kappa shape index (κ2) is 9.49. The van der Waals surface area contributed by atoms with Gasteiger partial charge in [-0.05, 0) is 44.0 Å². The highest BCUT2D eigenvalue weighted by Crippen LogP contribution is 2.20. The number of hydrogen-bond acceptors (Lipinski definition) is 3. The van der Waals surface area contributed by atoms with E-state index >= 15 is 0 Å². The third kappa shape index (κ3) is 5.53. The fourth-order valence-corrected chi connectivity index (χ4v) is 3.30. The molecule has 0 radical (unpaired) electrons. The molecule has 1 aliphatic heterocycles. The Bertz CT molecular complexity index is 863. The standard InChI is InChI=1S/C22H24F2N2O3/c1-15-2-5-18(6-3-15)29-13-10-25-21(27)16-8-11-26(12-9-16)22(28)19-7-4-17(23)14-20(19)24/h2-7,14,16H,8-13H2,1H3,(H,25,27). The van der Waals surface area contributed by atoms with Gasteiger partial charge in [0.25, 0.3) is 5.91 Å². The van der Waals surface area contributed by atoms with E-state index in [1.54, 1.807) is 0 Å². The largest absolute Gasteiger partial charge is 0.492 e. The van der Waals surface area contributed by atoms with Crippen molar-refractivity contribution in [3.8, 4) is 5.75 Å². The predicted octanol–water partition coefficient (Wildman–Crippen LogP) is 3.32. The highest BCUT2D eigenvalue weighted by Gasteiger charge is 2.28. The van der Waals surface area contributed by atoms with Crippen molar-refractivity contribution in [1.29, 1.82) is 0 Å². The molecule has 1 aliphatic rings. The zero-order chi connectivity index (χ0) is 20.8. The van der Waals surface area contributed by atoms with Crippen molar-refractivity contribution in [2.24, 2.45) is 5.92 Å². The van der Waals surface area contributed by atoms with E-state index < -0.39 is 17.5 Å². The van der Waals surface area contributed by atoms with Gasteiger partial charge in [0.2, 0.25) is 5.91 Å². The molecule has 1 fully saturated rings. The number of carbonyl (C=O) groups is 2. The number of aryl methyl sites for hydroxylation is 1. The van der Waals surface area contributed by atoms with Crippen LogP contribution in [0.15, 0.2) is 42.5 Å². The number of likely N-dealkylation sites (tertiary alicyclic amines) is 1. The molecule has 5 nitrogen and oxygen atoms in total. The quantitative estimate of drug-likeness (QED) is 0.754. The van der Waals surface area contributed by atoms with E-state index in [0.29, 0.717) is 45.1 Å². The third-order valence-electron chi connectivity index (χ3n) is 5.01. The third-order valence-corrected chi connectivity index (χ3v) is 5.01. The van der Waals surface area contributed by atoms with Crippen LogP contribution in [0.25, 0.3) is 0 Å². The second-order valence-electron chi connectivity index (χ2n) is 7.14. The lowest BCUT2D eigenvalue weighted by Gasteiger charge is -2.31. The van der Waals surface area contributed by atoms with Gasteiger partial charge in [-0.1, -0.05) is 17.7 Å². The maximum Gasteiger partial charge on any atom is 0.256 e. The Kier molecular flexibility index (Phi) is 6.80. The van der Waals surface area contributed by atoms with Crippen molar-refractivity contribution in [3.05, 3.63) is 65.2 Å². The second-order valence-corrected chi connectivity index (χ2v) is 7.14. The van der Waals surface area contributed by atoms with Gasteiger partial charge in [0, 0.05) is 25.1 Å². The Hall–Kier alpha value is -2.96. The topological polar surface area (TPSA) is 58.6 Å². The molecule has 2 aromatic rings. The van der Waals surface area contributed by atoms with Crippen LogP contribution in [0.1, 0.15) is 28.8 Å². The summed E-state index contributed by atoms with van der Waals surface area (Å²) >= 11 is 0. The molecule has 2 amide bonds. The van der Waals surface area contributed by atoms with E-state index in [1.807, 2.05) is 31.2 Å². The maximum absolute atomic E-state index is 13.8. The number of hydrogen-bond donors (Lipinski definition) is 1. The van der Waals surface area contributed by atoms with Gasteiger partial charge in [-0.2, -0.15) is 0 Å². The minimum absolute atomic E-state index is 0.0717. The van der Waals surface area contributed by atoms with Gasteiger partial charge in [0.1, 0.15) is 24.0 Å². The Morgan fingerprint density at radius 2 is 1.79 bits per heavy atom. The summed E-state index contributed by atoms with van der Waals surface area (Å²) in [6, 6.07) is 10.6. The van der Waals surface area contributed by atoms with E-state index in [2.05, 4.69) is 5.32 Å². The molecule has 1 saturated heterocycles. The Morgan fingerprint density at radius 1 is 1.10 bits per heavy atom.